The lowest BCUT2D eigenvalue weighted by atomic mass is 9.96. The molecule has 9 heteroatoms. The van der Waals surface area contributed by atoms with Gasteiger partial charge in [0.2, 0.25) is 15.9 Å². The summed E-state index contributed by atoms with van der Waals surface area (Å²) in [7, 11) is -4.06. The quantitative estimate of drug-likeness (QED) is 0.238. The fraction of sp³-hybridized carbons (Fsp3) is 0.265. The van der Waals surface area contributed by atoms with Crippen LogP contribution in [-0.2, 0) is 21.2 Å². The van der Waals surface area contributed by atoms with E-state index in [0.717, 1.165) is 5.56 Å². The molecule has 0 aliphatic carbocycles. The number of hydrogen-bond donors (Lipinski definition) is 1. The van der Waals surface area contributed by atoms with Crippen LogP contribution in [0.25, 0.3) is 0 Å². The van der Waals surface area contributed by atoms with Gasteiger partial charge in [-0.2, -0.15) is 4.72 Å². The van der Waals surface area contributed by atoms with Gasteiger partial charge in [-0.15, -0.1) is 0 Å². The molecule has 1 saturated heterocycles. The molecule has 1 N–H and O–H groups in total. The van der Waals surface area contributed by atoms with Crippen molar-refractivity contribution in [3.63, 3.8) is 0 Å². The van der Waals surface area contributed by atoms with Crippen LogP contribution in [0.15, 0.2) is 114 Å². The highest BCUT2D eigenvalue weighted by molar-refractivity contribution is 7.89. The van der Waals surface area contributed by atoms with E-state index in [-0.39, 0.29) is 28.3 Å². The lowest BCUT2D eigenvalue weighted by molar-refractivity contribution is -0.135. The molecule has 224 valence electrons. The SMILES string of the molecule is CCOc1ccc(S(=O)(=O)NC(Cc2ccccc2)C(=O)N2CCN(C(c3ccccc3)c3ccccc3)CC2)cc1Cl. The van der Waals surface area contributed by atoms with Crippen molar-refractivity contribution in [2.45, 2.75) is 30.3 Å². The Morgan fingerprint density at radius 1 is 0.837 bits per heavy atom. The summed E-state index contributed by atoms with van der Waals surface area (Å²) in [6.45, 7) is 4.50. The molecular weight excluding hydrogens is 582 g/mol. The van der Waals surface area contributed by atoms with E-state index in [2.05, 4.69) is 33.9 Å². The molecule has 4 aromatic rings. The number of amides is 1. The molecule has 0 saturated carbocycles. The summed E-state index contributed by atoms with van der Waals surface area (Å²) in [6, 6.07) is 33.6. The van der Waals surface area contributed by atoms with Crippen molar-refractivity contribution in [3.05, 3.63) is 131 Å². The number of nitrogens with zero attached hydrogens (tertiary/aromatic N) is 2. The van der Waals surface area contributed by atoms with Crippen LogP contribution < -0.4 is 9.46 Å². The van der Waals surface area contributed by atoms with Crippen molar-refractivity contribution < 1.29 is 17.9 Å². The predicted octanol–water partition coefficient (Wildman–Crippen LogP) is 5.56. The molecule has 0 aromatic heterocycles. The van der Waals surface area contributed by atoms with E-state index in [4.69, 9.17) is 16.3 Å². The summed E-state index contributed by atoms with van der Waals surface area (Å²) in [5.74, 6) is 0.155. The summed E-state index contributed by atoms with van der Waals surface area (Å²) in [5.41, 5.74) is 3.24. The van der Waals surface area contributed by atoms with Gasteiger partial charge in [0, 0.05) is 26.2 Å². The number of sulfonamides is 1. The Labute approximate surface area is 259 Å². The van der Waals surface area contributed by atoms with Crippen LogP contribution in [0.5, 0.6) is 5.75 Å². The first-order chi connectivity index (χ1) is 20.9. The van der Waals surface area contributed by atoms with Crippen molar-refractivity contribution in [1.29, 1.82) is 0 Å². The minimum atomic E-state index is -4.06. The number of halogens is 1. The van der Waals surface area contributed by atoms with Crippen molar-refractivity contribution >= 4 is 27.5 Å². The molecule has 1 aliphatic rings. The summed E-state index contributed by atoms with van der Waals surface area (Å²) >= 11 is 6.30. The average Bonchev–Trinajstić information content (AvgIpc) is 3.03. The number of ether oxygens (including phenoxy) is 1. The minimum Gasteiger partial charge on any atom is -0.492 e. The van der Waals surface area contributed by atoms with E-state index in [0.29, 0.717) is 38.5 Å². The third-order valence-electron chi connectivity index (χ3n) is 7.61. The fourth-order valence-corrected chi connectivity index (χ4v) is 7.03. The Kier molecular flexibility index (Phi) is 10.1. The number of carbonyl (C=O) groups is 1. The Balaban J connectivity index is 1.34. The molecule has 4 aromatic carbocycles. The standard InChI is InChI=1S/C34H36ClN3O4S/c1-2-42-32-19-18-29(25-30(32)35)43(40,41)36-31(24-26-12-6-3-7-13-26)34(39)38-22-20-37(21-23-38)33(27-14-8-4-9-15-27)28-16-10-5-11-17-28/h3-19,25,31,33,36H,2,20-24H2,1H3. The van der Waals surface area contributed by atoms with Crippen LogP contribution in [0.3, 0.4) is 0 Å². The fourth-order valence-electron chi connectivity index (χ4n) is 5.51. The smallest absolute Gasteiger partial charge is 0.241 e. The lowest BCUT2D eigenvalue weighted by Crippen LogP contribution is -2.56. The van der Waals surface area contributed by atoms with E-state index < -0.39 is 16.1 Å². The van der Waals surface area contributed by atoms with Crippen molar-refractivity contribution in [2.75, 3.05) is 32.8 Å². The van der Waals surface area contributed by atoms with Gasteiger partial charge in [0.05, 0.1) is 22.6 Å². The summed E-state index contributed by atoms with van der Waals surface area (Å²) in [5, 5.41) is 0.193. The second kappa shape index (κ2) is 14.2. The largest absolute Gasteiger partial charge is 0.492 e. The first kappa shape index (κ1) is 30.8. The van der Waals surface area contributed by atoms with Crippen LogP contribution in [0.1, 0.15) is 29.7 Å². The molecule has 0 bridgehead atoms. The molecule has 1 aliphatic heterocycles. The second-order valence-corrected chi connectivity index (χ2v) is 12.6. The van der Waals surface area contributed by atoms with Gasteiger partial charge in [0.1, 0.15) is 11.8 Å². The van der Waals surface area contributed by atoms with Crippen LogP contribution in [0.2, 0.25) is 5.02 Å². The zero-order valence-corrected chi connectivity index (χ0v) is 25.7. The monoisotopic (exact) mass is 617 g/mol. The van der Waals surface area contributed by atoms with Gasteiger partial charge in [-0.25, -0.2) is 8.42 Å². The molecule has 7 nitrogen and oxygen atoms in total. The third kappa shape index (κ3) is 7.64. The maximum atomic E-state index is 14.0. The van der Waals surface area contributed by atoms with Crippen LogP contribution >= 0.6 is 11.6 Å². The summed E-state index contributed by atoms with van der Waals surface area (Å²) in [4.78, 5) is 18.1. The molecule has 1 unspecified atom stereocenters. The van der Waals surface area contributed by atoms with E-state index in [1.54, 1.807) is 4.90 Å². The third-order valence-corrected chi connectivity index (χ3v) is 9.38. The van der Waals surface area contributed by atoms with E-state index in [1.165, 1.54) is 29.3 Å². The normalized spacial score (nSPS) is 14.9. The zero-order valence-electron chi connectivity index (χ0n) is 24.1. The Morgan fingerprint density at radius 2 is 1.40 bits per heavy atom. The highest BCUT2D eigenvalue weighted by atomic mass is 35.5. The minimum absolute atomic E-state index is 0.0230. The molecule has 0 radical (unpaired) electrons. The van der Waals surface area contributed by atoms with Crippen molar-refractivity contribution in [2.24, 2.45) is 0 Å². The van der Waals surface area contributed by atoms with E-state index in [9.17, 15) is 13.2 Å². The zero-order chi connectivity index (χ0) is 30.2. The van der Waals surface area contributed by atoms with Gasteiger partial charge in [0.15, 0.2) is 0 Å². The van der Waals surface area contributed by atoms with Gasteiger partial charge in [0.25, 0.3) is 0 Å². The molecule has 43 heavy (non-hydrogen) atoms. The highest BCUT2D eigenvalue weighted by Crippen LogP contribution is 2.30. The number of benzene rings is 4. The Morgan fingerprint density at radius 3 is 1.93 bits per heavy atom. The van der Waals surface area contributed by atoms with E-state index >= 15 is 0 Å². The topological polar surface area (TPSA) is 78.9 Å². The number of rotatable bonds is 11. The number of nitrogens with one attached hydrogen (secondary N) is 1. The van der Waals surface area contributed by atoms with Crippen LogP contribution in [-0.4, -0.2) is 63.0 Å². The van der Waals surface area contributed by atoms with Gasteiger partial charge >= 0.3 is 0 Å². The molecule has 1 fully saturated rings. The first-order valence-corrected chi connectivity index (χ1v) is 16.3. The van der Waals surface area contributed by atoms with Gasteiger partial charge in [-0.3, -0.25) is 9.69 Å². The molecular formula is C34H36ClN3O4S. The van der Waals surface area contributed by atoms with Crippen molar-refractivity contribution in [1.82, 2.24) is 14.5 Å². The van der Waals surface area contributed by atoms with Gasteiger partial charge < -0.3 is 9.64 Å². The molecule has 1 atom stereocenters. The van der Waals surface area contributed by atoms with Crippen molar-refractivity contribution in [3.8, 4) is 5.75 Å². The molecule has 1 amide bonds. The predicted molar refractivity (Wildman–Crippen MR) is 170 cm³/mol. The summed E-state index contributed by atoms with van der Waals surface area (Å²) < 4.78 is 35.2. The lowest BCUT2D eigenvalue weighted by Gasteiger charge is -2.40. The van der Waals surface area contributed by atoms with E-state index in [1.807, 2.05) is 73.7 Å². The summed E-state index contributed by atoms with van der Waals surface area (Å²) in [6.07, 6.45) is 0.223. The maximum absolute atomic E-state index is 14.0. The molecule has 5 rings (SSSR count). The van der Waals surface area contributed by atoms with Gasteiger partial charge in [-0.05, 0) is 48.2 Å². The van der Waals surface area contributed by atoms with Crippen LogP contribution in [0, 0.1) is 0 Å². The Hall–Kier alpha value is -3.69. The maximum Gasteiger partial charge on any atom is 0.241 e. The Bertz CT molecular complexity index is 1560. The number of carbonyl (C=O) groups excluding carboxylic acids is 1. The number of piperazine rings is 1. The second-order valence-electron chi connectivity index (χ2n) is 10.5. The molecule has 0 spiro atoms. The van der Waals surface area contributed by atoms with Gasteiger partial charge in [-0.1, -0.05) is 103 Å². The van der Waals surface area contributed by atoms with Crippen LogP contribution in [0.4, 0.5) is 0 Å². The number of hydrogen-bond acceptors (Lipinski definition) is 5. The average molecular weight is 618 g/mol. The highest BCUT2D eigenvalue weighted by Gasteiger charge is 2.33. The first-order valence-electron chi connectivity index (χ1n) is 14.5. The molecule has 1 heterocycles.